The van der Waals surface area contributed by atoms with E-state index in [0.29, 0.717) is 5.82 Å². The predicted molar refractivity (Wildman–Crippen MR) is 61.9 cm³/mol. The molecule has 1 aliphatic rings. The van der Waals surface area contributed by atoms with Gasteiger partial charge in [-0.2, -0.15) is 0 Å². The Bertz CT molecular complexity index is 487. The van der Waals surface area contributed by atoms with Crippen LogP contribution < -0.4 is 10.6 Å². The minimum absolute atomic E-state index is 0.558. The third kappa shape index (κ3) is 1.50. The van der Waals surface area contributed by atoms with E-state index in [2.05, 4.69) is 19.4 Å². The minimum Gasteiger partial charge on any atom is -0.384 e. The Morgan fingerprint density at radius 2 is 2.12 bits per heavy atom. The maximum atomic E-state index is 5.57. The van der Waals surface area contributed by atoms with Crippen molar-refractivity contribution in [2.24, 2.45) is 0 Å². The van der Waals surface area contributed by atoms with Gasteiger partial charge in [-0.15, -0.1) is 0 Å². The Morgan fingerprint density at radius 3 is 2.94 bits per heavy atom. The lowest BCUT2D eigenvalue weighted by Gasteiger charge is -2.29. The molecule has 1 aliphatic heterocycles. The maximum Gasteiger partial charge on any atom is 0.128 e. The summed E-state index contributed by atoms with van der Waals surface area (Å²) < 4.78 is 2.18. The molecule has 16 heavy (non-hydrogen) atoms. The van der Waals surface area contributed by atoms with Crippen molar-refractivity contribution in [1.82, 2.24) is 14.5 Å². The molecular formula is C11H13N5. The predicted octanol–water partition coefficient (Wildman–Crippen LogP) is 0.881. The molecule has 2 aromatic heterocycles. The van der Waals surface area contributed by atoms with Crippen LogP contribution in [0.2, 0.25) is 0 Å². The summed E-state index contributed by atoms with van der Waals surface area (Å²) in [5.74, 6) is 1.66. The zero-order valence-corrected chi connectivity index (χ0v) is 8.87. The number of nitrogens with two attached hydrogens (primary N) is 1. The number of anilines is 2. The van der Waals surface area contributed by atoms with Crippen LogP contribution in [0, 0.1) is 0 Å². The molecule has 3 rings (SSSR count). The second kappa shape index (κ2) is 3.52. The van der Waals surface area contributed by atoms with Gasteiger partial charge in [0.1, 0.15) is 11.6 Å². The maximum absolute atomic E-state index is 5.57. The van der Waals surface area contributed by atoms with E-state index in [0.717, 1.165) is 31.1 Å². The summed E-state index contributed by atoms with van der Waals surface area (Å²) in [6.07, 6.45) is 5.68. The average molecular weight is 215 g/mol. The first-order valence-electron chi connectivity index (χ1n) is 5.29. The normalized spacial score (nSPS) is 14.9. The molecule has 0 saturated heterocycles. The van der Waals surface area contributed by atoms with E-state index in [1.54, 1.807) is 0 Å². The lowest BCUT2D eigenvalue weighted by Crippen LogP contribution is -2.33. The van der Waals surface area contributed by atoms with Crippen LogP contribution >= 0.6 is 0 Å². The number of hydrogen-bond donors (Lipinski definition) is 1. The van der Waals surface area contributed by atoms with Gasteiger partial charge in [-0.05, 0) is 12.1 Å². The first-order valence-corrected chi connectivity index (χ1v) is 5.29. The Kier molecular flexibility index (Phi) is 2.02. The standard InChI is InChI=1S/C11H13N5/c12-10-2-1-9(7-14-10)16-6-5-15-4-3-13-11(15)8-16/h1-4,7H,5-6,8H2,(H2,12,14). The lowest BCUT2D eigenvalue weighted by molar-refractivity contribution is 0.559. The largest absolute Gasteiger partial charge is 0.384 e. The van der Waals surface area contributed by atoms with Crippen LogP contribution in [-0.4, -0.2) is 21.1 Å². The van der Waals surface area contributed by atoms with Gasteiger partial charge in [-0.3, -0.25) is 0 Å². The topological polar surface area (TPSA) is 60.0 Å². The molecule has 0 saturated carbocycles. The van der Waals surface area contributed by atoms with Crippen molar-refractivity contribution in [3.63, 3.8) is 0 Å². The molecule has 0 amide bonds. The van der Waals surface area contributed by atoms with E-state index in [-0.39, 0.29) is 0 Å². The summed E-state index contributed by atoms with van der Waals surface area (Å²) in [5.41, 5.74) is 6.67. The second-order valence-corrected chi connectivity index (χ2v) is 3.90. The highest BCUT2D eigenvalue weighted by atomic mass is 15.2. The van der Waals surface area contributed by atoms with Gasteiger partial charge in [0.25, 0.3) is 0 Å². The highest BCUT2D eigenvalue weighted by molar-refractivity contribution is 5.48. The van der Waals surface area contributed by atoms with Gasteiger partial charge in [0.2, 0.25) is 0 Å². The number of hydrogen-bond acceptors (Lipinski definition) is 4. The summed E-state index contributed by atoms with van der Waals surface area (Å²) in [6.45, 7) is 2.78. The van der Waals surface area contributed by atoms with Crippen LogP contribution in [0.5, 0.6) is 0 Å². The van der Waals surface area contributed by atoms with Crippen LogP contribution in [-0.2, 0) is 13.1 Å². The molecular weight excluding hydrogens is 202 g/mol. The Balaban J connectivity index is 1.86. The Morgan fingerprint density at radius 1 is 1.19 bits per heavy atom. The molecule has 3 heterocycles. The molecule has 0 aliphatic carbocycles. The lowest BCUT2D eigenvalue weighted by atomic mass is 10.3. The van der Waals surface area contributed by atoms with E-state index in [1.807, 2.05) is 30.7 Å². The number of nitrogen functional groups attached to an aromatic ring is 1. The van der Waals surface area contributed by atoms with Gasteiger partial charge in [-0.1, -0.05) is 0 Å². The third-order valence-corrected chi connectivity index (χ3v) is 2.88. The number of pyridine rings is 1. The number of rotatable bonds is 1. The zero-order valence-electron chi connectivity index (χ0n) is 8.87. The average Bonchev–Trinajstić information content (AvgIpc) is 2.77. The van der Waals surface area contributed by atoms with Crippen LogP contribution in [0.1, 0.15) is 5.82 Å². The molecule has 0 aromatic carbocycles. The summed E-state index contributed by atoms with van der Waals surface area (Å²) in [7, 11) is 0. The van der Waals surface area contributed by atoms with Crippen LogP contribution in [0.25, 0.3) is 0 Å². The summed E-state index contributed by atoms with van der Waals surface area (Å²) >= 11 is 0. The quantitative estimate of drug-likeness (QED) is 0.767. The summed E-state index contributed by atoms with van der Waals surface area (Å²) in [4.78, 5) is 10.7. The highest BCUT2D eigenvalue weighted by Gasteiger charge is 2.16. The van der Waals surface area contributed by atoms with Crippen molar-refractivity contribution in [2.75, 3.05) is 17.2 Å². The van der Waals surface area contributed by atoms with E-state index in [9.17, 15) is 0 Å². The van der Waals surface area contributed by atoms with Gasteiger partial charge >= 0.3 is 0 Å². The number of fused-ring (bicyclic) bond motifs is 1. The molecule has 5 heteroatoms. The van der Waals surface area contributed by atoms with Gasteiger partial charge < -0.3 is 15.2 Å². The van der Waals surface area contributed by atoms with Crippen molar-refractivity contribution in [1.29, 1.82) is 0 Å². The summed E-state index contributed by atoms with van der Waals surface area (Å²) in [6, 6.07) is 3.83. The fourth-order valence-corrected chi connectivity index (χ4v) is 1.98. The molecule has 2 N–H and O–H groups in total. The van der Waals surface area contributed by atoms with Crippen molar-refractivity contribution in [2.45, 2.75) is 13.1 Å². The molecule has 0 fully saturated rings. The number of nitrogens with zero attached hydrogens (tertiary/aromatic N) is 4. The van der Waals surface area contributed by atoms with Crippen molar-refractivity contribution in [3.05, 3.63) is 36.5 Å². The van der Waals surface area contributed by atoms with Gasteiger partial charge in [0, 0.05) is 25.5 Å². The number of imidazole rings is 1. The molecule has 0 unspecified atom stereocenters. The smallest absolute Gasteiger partial charge is 0.128 e. The SMILES string of the molecule is Nc1ccc(N2CCn3ccnc3C2)cn1. The minimum atomic E-state index is 0.558. The van der Waals surface area contributed by atoms with Crippen molar-refractivity contribution in [3.8, 4) is 0 Å². The Labute approximate surface area is 93.5 Å². The fourth-order valence-electron chi connectivity index (χ4n) is 1.98. The second-order valence-electron chi connectivity index (χ2n) is 3.90. The highest BCUT2D eigenvalue weighted by Crippen LogP contribution is 2.19. The van der Waals surface area contributed by atoms with E-state index in [1.165, 1.54) is 0 Å². The molecule has 0 radical (unpaired) electrons. The zero-order chi connectivity index (χ0) is 11.0. The third-order valence-electron chi connectivity index (χ3n) is 2.88. The molecule has 5 nitrogen and oxygen atoms in total. The Hall–Kier alpha value is -2.04. The van der Waals surface area contributed by atoms with E-state index >= 15 is 0 Å². The van der Waals surface area contributed by atoms with E-state index < -0.39 is 0 Å². The molecule has 82 valence electrons. The van der Waals surface area contributed by atoms with Crippen LogP contribution in [0.3, 0.4) is 0 Å². The first-order chi connectivity index (χ1) is 7.83. The van der Waals surface area contributed by atoms with Crippen molar-refractivity contribution >= 4 is 11.5 Å². The monoisotopic (exact) mass is 215 g/mol. The van der Waals surface area contributed by atoms with Crippen LogP contribution in [0.4, 0.5) is 11.5 Å². The molecule has 0 spiro atoms. The number of aromatic nitrogens is 3. The fraction of sp³-hybridized carbons (Fsp3) is 0.273. The molecule has 0 bridgehead atoms. The van der Waals surface area contributed by atoms with Crippen LogP contribution in [0.15, 0.2) is 30.7 Å². The van der Waals surface area contributed by atoms with Gasteiger partial charge in [0.05, 0.1) is 18.4 Å². The molecule has 0 atom stereocenters. The first kappa shape index (κ1) is 9.21. The van der Waals surface area contributed by atoms with Gasteiger partial charge in [0.15, 0.2) is 0 Å². The van der Waals surface area contributed by atoms with Crippen molar-refractivity contribution < 1.29 is 0 Å². The van der Waals surface area contributed by atoms with E-state index in [4.69, 9.17) is 5.73 Å². The molecule has 2 aromatic rings. The van der Waals surface area contributed by atoms with Gasteiger partial charge in [-0.25, -0.2) is 9.97 Å². The summed E-state index contributed by atoms with van der Waals surface area (Å²) in [5, 5.41) is 0.